The van der Waals surface area contributed by atoms with Crippen LogP contribution >= 0.6 is 0 Å². The van der Waals surface area contributed by atoms with Crippen molar-refractivity contribution in [3.8, 4) is 22.9 Å². The maximum atomic E-state index is 6.10. The second-order valence-corrected chi connectivity index (χ2v) is 11.1. The third-order valence-corrected chi connectivity index (χ3v) is 8.16. The Bertz CT molecular complexity index is 2460. The SMILES string of the molecule is Cc1cccc(C)c1-n1cnc2ccccc21.[Pt+2].[c-]1ccccc1Oc1cccc2c1nc1n(-c3[c-]cccc3)c3ccccc3n21. The zero-order valence-electron chi connectivity index (χ0n) is 25.7. The third-order valence-electron chi connectivity index (χ3n) is 8.16. The van der Waals surface area contributed by atoms with E-state index in [9.17, 15) is 0 Å². The van der Waals surface area contributed by atoms with Gasteiger partial charge in [0, 0.05) is 5.75 Å². The van der Waals surface area contributed by atoms with Crippen LogP contribution in [0, 0.1) is 26.0 Å². The molecule has 0 fully saturated rings. The predicted molar refractivity (Wildman–Crippen MR) is 184 cm³/mol. The Balaban J connectivity index is 0.000000167. The number of aromatic nitrogens is 5. The molecule has 0 N–H and O–H groups in total. The van der Waals surface area contributed by atoms with E-state index in [1.807, 2.05) is 97.3 Å². The summed E-state index contributed by atoms with van der Waals surface area (Å²) in [6, 6.07) is 50.9. The van der Waals surface area contributed by atoms with E-state index in [-0.39, 0.29) is 21.1 Å². The molecule has 9 aromatic rings. The van der Waals surface area contributed by atoms with Crippen molar-refractivity contribution in [3.63, 3.8) is 0 Å². The van der Waals surface area contributed by atoms with Crippen LogP contribution in [-0.4, -0.2) is 23.5 Å². The van der Waals surface area contributed by atoms with Crippen LogP contribution in [0.3, 0.4) is 0 Å². The minimum Gasteiger partial charge on any atom is -0.481 e. The number of ether oxygens (including phenoxy) is 1. The van der Waals surface area contributed by atoms with Gasteiger partial charge < -0.3 is 9.30 Å². The van der Waals surface area contributed by atoms with Gasteiger partial charge in [0.15, 0.2) is 5.75 Å². The number of nitrogens with zero attached hydrogens (tertiary/aromatic N) is 5. The van der Waals surface area contributed by atoms with Crippen LogP contribution in [0.15, 0.2) is 140 Å². The van der Waals surface area contributed by atoms with Gasteiger partial charge in [-0.25, -0.2) is 9.97 Å². The van der Waals surface area contributed by atoms with Crippen molar-refractivity contribution >= 4 is 38.9 Å². The summed E-state index contributed by atoms with van der Waals surface area (Å²) >= 11 is 0. The molecule has 0 saturated heterocycles. The first-order valence-corrected chi connectivity index (χ1v) is 15.2. The Labute approximate surface area is 286 Å². The van der Waals surface area contributed by atoms with Crippen LogP contribution in [0.1, 0.15) is 11.1 Å². The van der Waals surface area contributed by atoms with Gasteiger partial charge in [-0.05, 0) is 61.4 Å². The van der Waals surface area contributed by atoms with Gasteiger partial charge in [-0.15, -0.1) is 18.2 Å². The van der Waals surface area contributed by atoms with Crippen LogP contribution < -0.4 is 4.74 Å². The van der Waals surface area contributed by atoms with E-state index in [1.165, 1.54) is 16.8 Å². The first-order chi connectivity index (χ1) is 22.7. The largest absolute Gasteiger partial charge is 2.00 e. The van der Waals surface area contributed by atoms with Crippen LogP contribution in [0.2, 0.25) is 0 Å². The number of fused-ring (bicyclic) bond motifs is 6. The Hall–Kier alpha value is -5.45. The maximum Gasteiger partial charge on any atom is 2.00 e. The standard InChI is InChI=1S/C25H15N3O.C15H14N2.Pt/c1-3-10-18(11-4-1)27-20-14-7-8-15-21(20)28-22-16-9-17-23(24(22)26-25(27)28)29-19-12-5-2-6-13-19;1-11-6-5-7-12(2)15(11)17-10-16-13-8-3-4-9-14(13)17;/h1-10,12,14-17H;3-10H,1-2H3;/q-2;;+2. The quantitative estimate of drug-likeness (QED) is 0.167. The summed E-state index contributed by atoms with van der Waals surface area (Å²) in [5.74, 6) is 2.21. The molecule has 0 radical (unpaired) electrons. The molecule has 0 aliphatic rings. The molecule has 3 aromatic heterocycles. The molecule has 0 saturated carbocycles. The Morgan fingerprint density at radius 2 is 1.28 bits per heavy atom. The maximum absolute atomic E-state index is 6.10. The van der Waals surface area contributed by atoms with Crippen molar-refractivity contribution in [3.05, 3.63) is 163 Å². The molecule has 9 rings (SSSR count). The number of rotatable bonds is 4. The fourth-order valence-corrected chi connectivity index (χ4v) is 6.12. The topological polar surface area (TPSA) is 49.3 Å². The molecule has 6 aromatic carbocycles. The van der Waals surface area contributed by atoms with Gasteiger partial charge in [0.05, 0.1) is 33.3 Å². The zero-order chi connectivity index (χ0) is 31.0. The molecule has 0 spiro atoms. The summed E-state index contributed by atoms with van der Waals surface area (Å²) in [5, 5.41) is 0. The molecule has 0 aliphatic heterocycles. The minimum atomic E-state index is 0. The molecule has 0 aliphatic carbocycles. The van der Waals surface area contributed by atoms with Crippen molar-refractivity contribution in [2.45, 2.75) is 13.8 Å². The van der Waals surface area contributed by atoms with E-state index < -0.39 is 0 Å². The fraction of sp³-hybridized carbons (Fsp3) is 0.0500. The van der Waals surface area contributed by atoms with E-state index in [0.717, 1.165) is 44.6 Å². The number of hydrogen-bond donors (Lipinski definition) is 0. The number of benzene rings is 6. The van der Waals surface area contributed by atoms with E-state index in [2.05, 4.69) is 87.0 Å². The average Bonchev–Trinajstić information content (AvgIpc) is 3.78. The van der Waals surface area contributed by atoms with E-state index in [1.54, 1.807) is 0 Å². The monoisotopic (exact) mass is 790 g/mol. The van der Waals surface area contributed by atoms with Gasteiger partial charge in [-0.1, -0.05) is 54.2 Å². The van der Waals surface area contributed by atoms with Gasteiger partial charge >= 0.3 is 21.1 Å². The minimum absolute atomic E-state index is 0. The molecule has 0 atom stereocenters. The molecule has 7 heteroatoms. The Morgan fingerprint density at radius 3 is 2.02 bits per heavy atom. The zero-order valence-corrected chi connectivity index (χ0v) is 28.0. The van der Waals surface area contributed by atoms with E-state index >= 15 is 0 Å². The summed E-state index contributed by atoms with van der Waals surface area (Å²) < 4.78 is 12.6. The van der Waals surface area contributed by atoms with Crippen LogP contribution in [0.4, 0.5) is 0 Å². The molecule has 0 amide bonds. The Kier molecular flexibility index (Phi) is 8.19. The smallest absolute Gasteiger partial charge is 0.481 e. The van der Waals surface area contributed by atoms with Gasteiger partial charge in [0.25, 0.3) is 0 Å². The van der Waals surface area contributed by atoms with Crippen LogP contribution in [-0.2, 0) is 21.1 Å². The van der Waals surface area contributed by atoms with Gasteiger partial charge in [-0.3, -0.25) is 8.97 Å². The summed E-state index contributed by atoms with van der Waals surface area (Å²) in [5.41, 5.74) is 10.9. The fourth-order valence-electron chi connectivity index (χ4n) is 6.12. The van der Waals surface area contributed by atoms with Crippen molar-refractivity contribution in [1.82, 2.24) is 23.5 Å². The van der Waals surface area contributed by atoms with Crippen LogP contribution in [0.25, 0.3) is 50.3 Å². The number of hydrogen-bond acceptors (Lipinski definition) is 3. The summed E-state index contributed by atoms with van der Waals surface area (Å²) in [6.45, 7) is 4.27. The van der Waals surface area contributed by atoms with Crippen molar-refractivity contribution in [1.29, 1.82) is 0 Å². The van der Waals surface area contributed by atoms with Crippen molar-refractivity contribution in [2.75, 3.05) is 0 Å². The molecule has 6 nitrogen and oxygen atoms in total. The molecule has 0 unspecified atom stereocenters. The molecule has 47 heavy (non-hydrogen) atoms. The normalized spacial score (nSPS) is 11.0. The predicted octanol–water partition coefficient (Wildman–Crippen LogP) is 9.46. The van der Waals surface area contributed by atoms with Gasteiger partial charge in [0.2, 0.25) is 5.78 Å². The summed E-state index contributed by atoms with van der Waals surface area (Å²) in [4.78, 5) is 9.43. The second kappa shape index (κ2) is 12.7. The molecule has 230 valence electrons. The molecular formula is C40H29N5OPt. The number of para-hydroxylation sites is 8. The van der Waals surface area contributed by atoms with E-state index in [0.29, 0.717) is 11.5 Å². The molecular weight excluding hydrogens is 762 g/mol. The van der Waals surface area contributed by atoms with E-state index in [4.69, 9.17) is 9.72 Å². The summed E-state index contributed by atoms with van der Waals surface area (Å²) in [7, 11) is 0. The van der Waals surface area contributed by atoms with Gasteiger partial charge in [-0.2, -0.15) is 42.5 Å². The van der Waals surface area contributed by atoms with Gasteiger partial charge in [0.1, 0.15) is 11.8 Å². The second-order valence-electron chi connectivity index (χ2n) is 11.1. The number of imidazole rings is 3. The number of aryl methyl sites for hydroxylation is 2. The van der Waals surface area contributed by atoms with Crippen molar-refractivity contribution in [2.24, 2.45) is 0 Å². The first-order valence-electron chi connectivity index (χ1n) is 15.2. The molecule has 0 bridgehead atoms. The van der Waals surface area contributed by atoms with Crippen molar-refractivity contribution < 1.29 is 25.8 Å². The third kappa shape index (κ3) is 5.41. The first kappa shape index (κ1) is 30.2. The average molecular weight is 791 g/mol. The van der Waals surface area contributed by atoms with Crippen LogP contribution in [0.5, 0.6) is 11.5 Å². The summed E-state index contributed by atoms with van der Waals surface area (Å²) in [6.07, 6.45) is 1.90. The molecule has 3 heterocycles. The Morgan fingerprint density at radius 1 is 0.617 bits per heavy atom.